The van der Waals surface area contributed by atoms with Crippen LogP contribution < -0.4 is 4.74 Å². The van der Waals surface area contributed by atoms with Crippen molar-refractivity contribution in [2.24, 2.45) is 0 Å². The highest BCUT2D eigenvalue weighted by Crippen LogP contribution is 2.22. The van der Waals surface area contributed by atoms with E-state index in [0.717, 1.165) is 24.3 Å². The maximum Gasteiger partial charge on any atom is 0.163 e. The van der Waals surface area contributed by atoms with Crippen LogP contribution in [-0.2, 0) is 4.79 Å². The molecule has 0 heterocycles. The van der Waals surface area contributed by atoms with Crippen LogP contribution in [0.4, 0.5) is 0 Å². The van der Waals surface area contributed by atoms with Crippen molar-refractivity contribution in [3.8, 4) is 5.75 Å². The minimum absolute atomic E-state index is 0.0510. The second-order valence-electron chi connectivity index (χ2n) is 6.36. The summed E-state index contributed by atoms with van der Waals surface area (Å²) in [5.41, 5.74) is 1.09. The minimum atomic E-state index is -0.136. The lowest BCUT2D eigenvalue weighted by Crippen LogP contribution is -2.00. The van der Waals surface area contributed by atoms with E-state index in [-0.39, 0.29) is 11.5 Å². The van der Waals surface area contributed by atoms with E-state index in [0.29, 0.717) is 5.57 Å². The second-order valence-corrected chi connectivity index (χ2v) is 6.36. The SMILES string of the molecule is CCCCCCCCCCOc1ccc(/C(C(C)=O)=C(/C)O)cc1. The van der Waals surface area contributed by atoms with Gasteiger partial charge in [0.25, 0.3) is 0 Å². The predicted octanol–water partition coefficient (Wildman–Crippen LogP) is 6.08. The van der Waals surface area contributed by atoms with Crippen molar-refractivity contribution in [1.29, 1.82) is 0 Å². The third kappa shape index (κ3) is 7.67. The Labute approximate surface area is 146 Å². The maximum absolute atomic E-state index is 11.6. The summed E-state index contributed by atoms with van der Waals surface area (Å²) < 4.78 is 5.74. The normalized spacial score (nSPS) is 12.0. The first kappa shape index (κ1) is 20.3. The van der Waals surface area contributed by atoms with Crippen molar-refractivity contribution in [3.05, 3.63) is 35.6 Å². The van der Waals surface area contributed by atoms with E-state index in [9.17, 15) is 9.90 Å². The largest absolute Gasteiger partial charge is 0.512 e. The van der Waals surface area contributed by atoms with Crippen LogP contribution in [0.2, 0.25) is 0 Å². The summed E-state index contributed by atoms with van der Waals surface area (Å²) in [7, 11) is 0. The molecule has 0 saturated heterocycles. The summed E-state index contributed by atoms with van der Waals surface area (Å²) in [6.45, 7) is 5.96. The molecule has 134 valence electrons. The molecule has 0 atom stereocenters. The van der Waals surface area contributed by atoms with Gasteiger partial charge in [0, 0.05) is 0 Å². The standard InChI is InChI=1S/C21H32O3/c1-4-5-6-7-8-9-10-11-16-24-20-14-12-19(13-15-20)21(17(2)22)18(3)23/h12-15,22H,4-11,16H2,1-3H3/b21-17-. The van der Waals surface area contributed by atoms with E-state index in [4.69, 9.17) is 4.74 Å². The van der Waals surface area contributed by atoms with Gasteiger partial charge < -0.3 is 9.84 Å². The van der Waals surface area contributed by atoms with Gasteiger partial charge in [-0.1, -0.05) is 64.0 Å². The lowest BCUT2D eigenvalue weighted by molar-refractivity contribution is -0.111. The molecule has 0 saturated carbocycles. The van der Waals surface area contributed by atoms with Gasteiger partial charge in [-0.3, -0.25) is 4.79 Å². The van der Waals surface area contributed by atoms with Crippen LogP contribution in [0.5, 0.6) is 5.75 Å². The van der Waals surface area contributed by atoms with Crippen molar-refractivity contribution >= 4 is 11.4 Å². The quantitative estimate of drug-likeness (QED) is 0.286. The highest BCUT2D eigenvalue weighted by Gasteiger charge is 2.10. The van der Waals surface area contributed by atoms with E-state index < -0.39 is 0 Å². The van der Waals surface area contributed by atoms with E-state index in [1.807, 2.05) is 24.3 Å². The fourth-order valence-electron chi connectivity index (χ4n) is 2.81. The van der Waals surface area contributed by atoms with Gasteiger partial charge in [-0.2, -0.15) is 0 Å². The monoisotopic (exact) mass is 332 g/mol. The first-order chi connectivity index (χ1) is 11.6. The molecule has 1 aromatic carbocycles. The van der Waals surface area contributed by atoms with Crippen LogP contribution in [0.15, 0.2) is 30.0 Å². The molecule has 0 aromatic heterocycles. The van der Waals surface area contributed by atoms with E-state index in [1.165, 1.54) is 58.8 Å². The zero-order chi connectivity index (χ0) is 17.8. The third-order valence-electron chi connectivity index (χ3n) is 4.12. The molecule has 0 amide bonds. The Bertz CT molecular complexity index is 510. The molecule has 0 radical (unpaired) electrons. The fourth-order valence-corrected chi connectivity index (χ4v) is 2.81. The number of allylic oxidation sites excluding steroid dienone is 2. The highest BCUT2D eigenvalue weighted by atomic mass is 16.5. The van der Waals surface area contributed by atoms with E-state index in [2.05, 4.69) is 6.92 Å². The molecule has 1 aromatic rings. The molecule has 0 aliphatic rings. The zero-order valence-electron chi connectivity index (χ0n) is 15.4. The first-order valence-electron chi connectivity index (χ1n) is 9.20. The molecule has 0 aliphatic carbocycles. The molecule has 0 bridgehead atoms. The van der Waals surface area contributed by atoms with Gasteiger partial charge in [0.05, 0.1) is 12.2 Å². The maximum atomic E-state index is 11.6. The predicted molar refractivity (Wildman–Crippen MR) is 100 cm³/mol. The number of benzene rings is 1. The lowest BCUT2D eigenvalue weighted by Gasteiger charge is -2.09. The number of hydrogen-bond acceptors (Lipinski definition) is 3. The Morgan fingerprint density at radius 1 is 0.917 bits per heavy atom. The highest BCUT2D eigenvalue weighted by molar-refractivity contribution is 6.20. The zero-order valence-corrected chi connectivity index (χ0v) is 15.4. The van der Waals surface area contributed by atoms with Gasteiger partial charge in [-0.05, 0) is 38.0 Å². The van der Waals surface area contributed by atoms with Gasteiger partial charge >= 0.3 is 0 Å². The summed E-state index contributed by atoms with van der Waals surface area (Å²) in [5, 5.41) is 9.62. The van der Waals surface area contributed by atoms with Gasteiger partial charge in [0.1, 0.15) is 11.5 Å². The number of carbonyl (C=O) groups excluding carboxylic acids is 1. The summed E-state index contributed by atoms with van der Waals surface area (Å²) >= 11 is 0. The van der Waals surface area contributed by atoms with Gasteiger partial charge in [0.15, 0.2) is 5.78 Å². The van der Waals surface area contributed by atoms with Gasteiger partial charge in [-0.25, -0.2) is 0 Å². The first-order valence-corrected chi connectivity index (χ1v) is 9.20. The molecule has 0 aliphatic heterocycles. The molecule has 1 rings (SSSR count). The van der Waals surface area contributed by atoms with Crippen LogP contribution in [0.25, 0.3) is 5.57 Å². The van der Waals surface area contributed by atoms with Crippen LogP contribution in [0.1, 0.15) is 77.7 Å². The van der Waals surface area contributed by atoms with Gasteiger partial charge in [-0.15, -0.1) is 0 Å². The Morgan fingerprint density at radius 2 is 1.46 bits per heavy atom. The molecule has 1 N–H and O–H groups in total. The summed E-state index contributed by atoms with van der Waals surface area (Å²) in [6, 6.07) is 7.34. The van der Waals surface area contributed by atoms with Crippen molar-refractivity contribution < 1.29 is 14.6 Å². The number of aliphatic hydroxyl groups excluding tert-OH is 1. The fraction of sp³-hybridized carbons (Fsp3) is 0.571. The number of rotatable bonds is 12. The average Bonchev–Trinajstić information content (AvgIpc) is 2.54. The molecule has 3 nitrogen and oxygen atoms in total. The molecule has 0 spiro atoms. The van der Waals surface area contributed by atoms with E-state index >= 15 is 0 Å². The molecule has 3 heteroatoms. The lowest BCUT2D eigenvalue weighted by atomic mass is 10.0. The van der Waals surface area contributed by atoms with Crippen LogP contribution in [0, 0.1) is 0 Å². The Balaban J connectivity index is 2.28. The molecular weight excluding hydrogens is 300 g/mol. The summed E-state index contributed by atoms with van der Waals surface area (Å²) in [4.78, 5) is 11.6. The number of unbranched alkanes of at least 4 members (excludes halogenated alkanes) is 7. The number of Topliss-reactive ketones (excluding diaryl/α,β-unsaturated/α-hetero) is 1. The Hall–Kier alpha value is -1.77. The molecular formula is C21H32O3. The minimum Gasteiger partial charge on any atom is -0.512 e. The number of hydrogen-bond donors (Lipinski definition) is 1. The number of carbonyl (C=O) groups is 1. The number of aliphatic hydroxyl groups is 1. The van der Waals surface area contributed by atoms with Crippen molar-refractivity contribution in [1.82, 2.24) is 0 Å². The van der Waals surface area contributed by atoms with Crippen LogP contribution in [-0.4, -0.2) is 17.5 Å². The number of ketones is 1. The van der Waals surface area contributed by atoms with E-state index in [1.54, 1.807) is 0 Å². The topological polar surface area (TPSA) is 46.5 Å². The smallest absolute Gasteiger partial charge is 0.163 e. The van der Waals surface area contributed by atoms with Crippen molar-refractivity contribution in [2.75, 3.05) is 6.61 Å². The Morgan fingerprint density at radius 3 is 1.96 bits per heavy atom. The summed E-state index contributed by atoms with van der Waals surface area (Å²) in [6.07, 6.45) is 10.3. The van der Waals surface area contributed by atoms with Gasteiger partial charge in [0.2, 0.25) is 0 Å². The average molecular weight is 332 g/mol. The summed E-state index contributed by atoms with van der Waals surface area (Å²) in [5.74, 6) is 0.720. The second kappa shape index (κ2) is 11.7. The molecule has 0 unspecified atom stereocenters. The van der Waals surface area contributed by atoms with Crippen LogP contribution >= 0.6 is 0 Å². The molecule has 0 fully saturated rings. The molecule has 24 heavy (non-hydrogen) atoms. The van der Waals surface area contributed by atoms with Crippen LogP contribution in [0.3, 0.4) is 0 Å². The van der Waals surface area contributed by atoms with Crippen molar-refractivity contribution in [2.45, 2.75) is 72.1 Å². The third-order valence-corrected chi connectivity index (χ3v) is 4.12. The van der Waals surface area contributed by atoms with Crippen molar-refractivity contribution in [3.63, 3.8) is 0 Å². The Kier molecular flexibility index (Phi) is 9.90. The number of ether oxygens (including phenoxy) is 1.